The van der Waals surface area contributed by atoms with Crippen molar-refractivity contribution in [2.45, 2.75) is 67.6 Å². The third-order valence-electron chi connectivity index (χ3n) is 5.95. The van der Waals surface area contributed by atoms with Crippen LogP contribution >= 0.6 is 11.8 Å². The number of carbonyl (C=O) groups is 1. The van der Waals surface area contributed by atoms with Crippen LogP contribution in [0.5, 0.6) is 0 Å². The van der Waals surface area contributed by atoms with Crippen molar-refractivity contribution in [1.29, 1.82) is 0 Å². The van der Waals surface area contributed by atoms with Crippen molar-refractivity contribution in [3.05, 3.63) is 69.1 Å². The number of aromatic amines is 1. The molecule has 2 aromatic rings. The highest BCUT2D eigenvalue weighted by atomic mass is 32.2. The van der Waals surface area contributed by atoms with E-state index in [0.29, 0.717) is 12.3 Å². The van der Waals surface area contributed by atoms with Gasteiger partial charge in [-0.05, 0) is 68.2 Å². The molecule has 2 heterocycles. The van der Waals surface area contributed by atoms with E-state index in [4.69, 9.17) is 0 Å². The molecule has 0 unspecified atom stereocenters. The van der Waals surface area contributed by atoms with Gasteiger partial charge in [-0.15, -0.1) is 11.8 Å². The Labute approximate surface area is 175 Å². The minimum atomic E-state index is 0.00457. The Kier molecular flexibility index (Phi) is 4.86. The van der Waals surface area contributed by atoms with Crippen molar-refractivity contribution in [1.82, 2.24) is 10.3 Å². The lowest BCUT2D eigenvalue weighted by Crippen LogP contribution is -2.23. The molecule has 1 aromatic carbocycles. The van der Waals surface area contributed by atoms with E-state index >= 15 is 0 Å². The maximum Gasteiger partial charge on any atom is 0.251 e. The van der Waals surface area contributed by atoms with Crippen LogP contribution in [0.15, 0.2) is 46.1 Å². The number of H-pyrrole nitrogens is 1. The number of benzene rings is 1. The number of pyridine rings is 1. The van der Waals surface area contributed by atoms with Crippen molar-refractivity contribution in [2.75, 3.05) is 0 Å². The molecule has 0 radical (unpaired) electrons. The number of carbonyl (C=O) groups excluding carboxylic acids is 1. The summed E-state index contributed by atoms with van der Waals surface area (Å²) in [5, 5.41) is 3.80. The Bertz CT molecular complexity index is 1050. The monoisotopic (exact) mass is 406 g/mol. The highest BCUT2D eigenvalue weighted by molar-refractivity contribution is 8.00. The van der Waals surface area contributed by atoms with E-state index < -0.39 is 0 Å². The van der Waals surface area contributed by atoms with Crippen LogP contribution in [0.1, 0.15) is 66.8 Å². The fourth-order valence-electron chi connectivity index (χ4n) is 3.98. The minimum absolute atomic E-state index is 0.00457. The Morgan fingerprint density at radius 2 is 1.90 bits per heavy atom. The van der Waals surface area contributed by atoms with E-state index in [0.717, 1.165) is 46.9 Å². The molecular formula is C24H26N2O2S. The third kappa shape index (κ3) is 4.20. The Morgan fingerprint density at radius 1 is 1.07 bits per heavy atom. The van der Waals surface area contributed by atoms with Crippen LogP contribution in [0.25, 0.3) is 5.57 Å². The lowest BCUT2D eigenvalue weighted by molar-refractivity contribution is -0.119. The standard InChI is InChI=1S/C24H26N2O2S/c1-14-12-16(4-10-22(14)29-18-6-7-18)20(13-17-5-11-23(27)25-17)21-9-8-19(15-2-3-15)24(28)26-21/h4,8-10,12-13,15,17-18H,2-3,5-7,11H2,1H3,(H,25,27)(H,26,28)/b20-13-/t17-/m1/s1. The van der Waals surface area contributed by atoms with Crippen LogP contribution < -0.4 is 10.9 Å². The first-order valence-electron chi connectivity index (χ1n) is 10.6. The molecule has 5 rings (SSSR count). The Balaban J connectivity index is 1.52. The highest BCUT2D eigenvalue weighted by Gasteiger charge is 2.27. The molecule has 2 N–H and O–H groups in total. The van der Waals surface area contributed by atoms with Gasteiger partial charge in [-0.3, -0.25) is 9.59 Å². The summed E-state index contributed by atoms with van der Waals surface area (Å²) in [7, 11) is 0. The van der Waals surface area contributed by atoms with Gasteiger partial charge in [0.05, 0.1) is 0 Å². The number of hydrogen-bond acceptors (Lipinski definition) is 3. The molecule has 0 bridgehead atoms. The van der Waals surface area contributed by atoms with Gasteiger partial charge in [0.2, 0.25) is 5.91 Å². The molecule has 4 nitrogen and oxygen atoms in total. The van der Waals surface area contributed by atoms with Crippen molar-refractivity contribution in [3.8, 4) is 0 Å². The fraction of sp³-hybridized carbons (Fsp3) is 0.417. The highest BCUT2D eigenvalue weighted by Crippen LogP contribution is 2.41. The normalized spacial score (nSPS) is 22.0. The quantitative estimate of drug-likeness (QED) is 0.741. The fourth-order valence-corrected chi connectivity index (χ4v) is 5.10. The van der Waals surface area contributed by atoms with Crippen molar-refractivity contribution in [3.63, 3.8) is 0 Å². The van der Waals surface area contributed by atoms with Gasteiger partial charge in [0, 0.05) is 39.4 Å². The first-order chi connectivity index (χ1) is 14.1. The maximum atomic E-state index is 12.6. The van der Waals surface area contributed by atoms with Gasteiger partial charge in [0.1, 0.15) is 0 Å². The number of nitrogens with one attached hydrogen (secondary N) is 2. The molecule has 1 aromatic heterocycles. The van der Waals surface area contributed by atoms with Gasteiger partial charge < -0.3 is 10.3 Å². The van der Waals surface area contributed by atoms with E-state index in [-0.39, 0.29) is 17.5 Å². The second kappa shape index (κ2) is 7.52. The maximum absolute atomic E-state index is 12.6. The summed E-state index contributed by atoms with van der Waals surface area (Å²) >= 11 is 1.97. The molecule has 1 saturated heterocycles. The number of aryl methyl sites for hydroxylation is 1. The molecule has 1 aliphatic heterocycles. The summed E-state index contributed by atoms with van der Waals surface area (Å²) in [4.78, 5) is 28.8. The number of hydrogen-bond donors (Lipinski definition) is 2. The van der Waals surface area contributed by atoms with Crippen molar-refractivity contribution >= 4 is 23.2 Å². The lowest BCUT2D eigenvalue weighted by Gasteiger charge is -2.15. The molecule has 150 valence electrons. The smallest absolute Gasteiger partial charge is 0.251 e. The van der Waals surface area contributed by atoms with Crippen LogP contribution in [-0.2, 0) is 4.79 Å². The van der Waals surface area contributed by atoms with Gasteiger partial charge in [0.25, 0.3) is 5.56 Å². The van der Waals surface area contributed by atoms with E-state index in [1.54, 1.807) is 0 Å². The first-order valence-corrected chi connectivity index (χ1v) is 11.5. The van der Waals surface area contributed by atoms with Crippen LogP contribution in [0.4, 0.5) is 0 Å². The largest absolute Gasteiger partial charge is 0.350 e. The van der Waals surface area contributed by atoms with Crippen LogP contribution in [0.2, 0.25) is 0 Å². The summed E-state index contributed by atoms with van der Waals surface area (Å²) in [6.07, 6.45) is 8.30. The molecule has 2 saturated carbocycles. The van der Waals surface area contributed by atoms with Crippen molar-refractivity contribution < 1.29 is 4.79 Å². The average Bonchev–Trinajstić information content (AvgIpc) is 3.62. The van der Waals surface area contributed by atoms with Gasteiger partial charge >= 0.3 is 0 Å². The zero-order valence-electron chi connectivity index (χ0n) is 16.7. The van der Waals surface area contributed by atoms with E-state index in [2.05, 4.69) is 41.5 Å². The molecule has 3 aliphatic rings. The predicted octanol–water partition coefficient (Wildman–Crippen LogP) is 4.53. The molecule has 29 heavy (non-hydrogen) atoms. The Morgan fingerprint density at radius 3 is 2.52 bits per heavy atom. The number of amides is 1. The first kappa shape index (κ1) is 18.7. The topological polar surface area (TPSA) is 62.0 Å². The number of thioether (sulfide) groups is 1. The predicted molar refractivity (Wildman–Crippen MR) is 117 cm³/mol. The average molecular weight is 407 g/mol. The minimum Gasteiger partial charge on any atom is -0.350 e. The molecule has 0 spiro atoms. The van der Waals surface area contributed by atoms with E-state index in [1.807, 2.05) is 23.9 Å². The van der Waals surface area contributed by atoms with Crippen LogP contribution in [0, 0.1) is 6.92 Å². The summed E-state index contributed by atoms with van der Waals surface area (Å²) in [6.45, 7) is 2.15. The Hall–Kier alpha value is -2.27. The SMILES string of the molecule is Cc1cc(/C(=C/[C@H]2CCC(=O)N2)c2ccc(C3CC3)c(=O)[nH]2)ccc1SC1CC1. The molecule has 1 amide bonds. The summed E-state index contributed by atoms with van der Waals surface area (Å²) in [5.74, 6) is 0.519. The third-order valence-corrected chi connectivity index (χ3v) is 7.46. The zero-order valence-corrected chi connectivity index (χ0v) is 17.5. The molecule has 5 heteroatoms. The van der Waals surface area contributed by atoms with Gasteiger partial charge in [-0.2, -0.15) is 0 Å². The molecular weight excluding hydrogens is 380 g/mol. The van der Waals surface area contributed by atoms with Gasteiger partial charge in [-0.25, -0.2) is 0 Å². The van der Waals surface area contributed by atoms with Gasteiger partial charge in [-0.1, -0.05) is 24.3 Å². The van der Waals surface area contributed by atoms with E-state index in [9.17, 15) is 9.59 Å². The van der Waals surface area contributed by atoms with Crippen molar-refractivity contribution in [2.24, 2.45) is 0 Å². The van der Waals surface area contributed by atoms with Crippen LogP contribution in [-0.4, -0.2) is 22.2 Å². The summed E-state index contributed by atoms with van der Waals surface area (Å²) in [5.41, 5.74) is 5.07. The second-order valence-electron chi connectivity index (χ2n) is 8.52. The molecule has 1 atom stereocenters. The number of rotatable bonds is 6. The summed E-state index contributed by atoms with van der Waals surface area (Å²) in [6, 6.07) is 10.6. The van der Waals surface area contributed by atoms with E-state index in [1.165, 1.54) is 23.3 Å². The van der Waals surface area contributed by atoms with Gasteiger partial charge in [0.15, 0.2) is 0 Å². The lowest BCUT2D eigenvalue weighted by atomic mass is 9.97. The molecule has 3 fully saturated rings. The summed E-state index contributed by atoms with van der Waals surface area (Å²) < 4.78 is 0. The van der Waals surface area contributed by atoms with Crippen LogP contribution in [0.3, 0.4) is 0 Å². The number of aromatic nitrogens is 1. The zero-order chi connectivity index (χ0) is 20.0. The second-order valence-corrected chi connectivity index (χ2v) is 9.86. The molecule has 2 aliphatic carbocycles.